The Morgan fingerprint density at radius 2 is 1.79 bits per heavy atom. The number of carbonyl (C=O) groups excluding carboxylic acids is 1. The average molecular weight is 451 g/mol. The number of aryl methyl sites for hydroxylation is 1. The minimum atomic E-state index is -0.404. The van der Waals surface area contributed by atoms with Crippen molar-refractivity contribution in [3.63, 3.8) is 0 Å². The number of esters is 1. The topological polar surface area (TPSA) is 78.9 Å². The van der Waals surface area contributed by atoms with E-state index in [0.29, 0.717) is 31.1 Å². The molecule has 0 aliphatic carbocycles. The molecule has 0 aliphatic heterocycles. The second-order valence-corrected chi connectivity index (χ2v) is 7.49. The maximum atomic E-state index is 12.4. The molecule has 3 aromatic rings. The molecule has 2 aromatic carbocycles. The molecule has 0 aliphatic rings. The van der Waals surface area contributed by atoms with E-state index in [9.17, 15) is 4.79 Å². The van der Waals surface area contributed by atoms with Crippen LogP contribution >= 0.6 is 0 Å². The van der Waals surface area contributed by atoms with E-state index in [-0.39, 0.29) is 0 Å². The highest BCUT2D eigenvalue weighted by Gasteiger charge is 2.17. The van der Waals surface area contributed by atoms with Gasteiger partial charge in [-0.05, 0) is 43.7 Å². The van der Waals surface area contributed by atoms with Crippen molar-refractivity contribution in [2.45, 2.75) is 20.4 Å². The van der Waals surface area contributed by atoms with Crippen molar-refractivity contribution in [1.29, 1.82) is 0 Å². The number of nitrogens with zero attached hydrogens (tertiary/aromatic N) is 1. The van der Waals surface area contributed by atoms with E-state index in [4.69, 9.17) is 18.9 Å². The molecule has 1 N–H and O–H groups in total. The standard InChI is InChI=1S/C26H30N2O5/c1-17-15-28-23(18(2)25(17)31-4)16-27-19-10-11-24(33-13-12-30-3)22(14-19)20-8-6-7-9-21(20)26(29)32-5/h6-11,14-15,27H,12-13,16H2,1-5H3. The van der Waals surface area contributed by atoms with Gasteiger partial charge < -0.3 is 24.3 Å². The fourth-order valence-electron chi connectivity index (χ4n) is 3.65. The summed E-state index contributed by atoms with van der Waals surface area (Å²) in [6.45, 7) is 5.34. The SMILES string of the molecule is COCCOc1ccc(NCc2ncc(C)c(OC)c2C)cc1-c1ccccc1C(=O)OC. The first-order chi connectivity index (χ1) is 16.0. The maximum Gasteiger partial charge on any atom is 0.338 e. The summed E-state index contributed by atoms with van der Waals surface area (Å²) < 4.78 is 21.6. The molecule has 0 bridgehead atoms. The monoisotopic (exact) mass is 450 g/mol. The van der Waals surface area contributed by atoms with Crippen LogP contribution in [0.1, 0.15) is 27.2 Å². The number of ether oxygens (including phenoxy) is 4. The minimum Gasteiger partial charge on any atom is -0.496 e. The van der Waals surface area contributed by atoms with E-state index in [2.05, 4.69) is 10.3 Å². The van der Waals surface area contributed by atoms with Crippen LogP contribution in [0.3, 0.4) is 0 Å². The number of hydrogen-bond donors (Lipinski definition) is 1. The van der Waals surface area contributed by atoms with Gasteiger partial charge >= 0.3 is 5.97 Å². The Labute approximate surface area is 194 Å². The van der Waals surface area contributed by atoms with Gasteiger partial charge in [-0.3, -0.25) is 4.98 Å². The van der Waals surface area contributed by atoms with Gasteiger partial charge in [0.1, 0.15) is 18.1 Å². The summed E-state index contributed by atoms with van der Waals surface area (Å²) in [5.41, 5.74) is 5.74. The van der Waals surface area contributed by atoms with E-state index >= 15 is 0 Å². The second kappa shape index (κ2) is 11.3. The predicted octanol–water partition coefficient (Wildman–Crippen LogP) is 4.80. The smallest absolute Gasteiger partial charge is 0.338 e. The fourth-order valence-corrected chi connectivity index (χ4v) is 3.65. The number of anilines is 1. The molecule has 0 radical (unpaired) electrons. The van der Waals surface area contributed by atoms with Crippen LogP contribution in [0.5, 0.6) is 11.5 Å². The van der Waals surface area contributed by atoms with Crippen LogP contribution in [0.2, 0.25) is 0 Å². The van der Waals surface area contributed by atoms with Crippen LogP contribution in [0.4, 0.5) is 5.69 Å². The van der Waals surface area contributed by atoms with Gasteiger partial charge in [0.25, 0.3) is 0 Å². The molecular weight excluding hydrogens is 420 g/mol. The first-order valence-electron chi connectivity index (χ1n) is 10.7. The van der Waals surface area contributed by atoms with Crippen LogP contribution in [0.15, 0.2) is 48.7 Å². The summed E-state index contributed by atoms with van der Waals surface area (Å²) in [5, 5.41) is 3.43. The van der Waals surface area contributed by atoms with E-state index in [1.165, 1.54) is 7.11 Å². The van der Waals surface area contributed by atoms with Crippen molar-refractivity contribution in [2.75, 3.05) is 39.9 Å². The largest absolute Gasteiger partial charge is 0.496 e. The summed E-state index contributed by atoms with van der Waals surface area (Å²) in [4.78, 5) is 16.9. The fraction of sp³-hybridized carbons (Fsp3) is 0.308. The number of rotatable bonds is 10. The zero-order chi connectivity index (χ0) is 23.8. The van der Waals surface area contributed by atoms with Crippen molar-refractivity contribution in [1.82, 2.24) is 4.98 Å². The van der Waals surface area contributed by atoms with Gasteiger partial charge in [0, 0.05) is 35.7 Å². The van der Waals surface area contributed by atoms with Crippen molar-refractivity contribution in [3.8, 4) is 22.6 Å². The Morgan fingerprint density at radius 3 is 2.52 bits per heavy atom. The molecular formula is C26H30N2O5. The number of benzene rings is 2. The molecule has 0 saturated heterocycles. The Morgan fingerprint density at radius 1 is 1.00 bits per heavy atom. The highest BCUT2D eigenvalue weighted by Crippen LogP contribution is 2.35. The highest BCUT2D eigenvalue weighted by atomic mass is 16.5. The average Bonchev–Trinajstić information content (AvgIpc) is 2.84. The normalized spacial score (nSPS) is 10.6. The lowest BCUT2D eigenvalue weighted by Crippen LogP contribution is -2.08. The van der Waals surface area contributed by atoms with Crippen LogP contribution in [-0.4, -0.2) is 45.5 Å². The lowest BCUT2D eigenvalue weighted by Gasteiger charge is -2.17. The molecule has 0 atom stereocenters. The number of nitrogens with one attached hydrogen (secondary N) is 1. The molecule has 0 unspecified atom stereocenters. The number of methoxy groups -OCH3 is 3. The highest BCUT2D eigenvalue weighted by molar-refractivity contribution is 5.98. The van der Waals surface area contributed by atoms with Gasteiger partial charge in [0.05, 0.1) is 38.6 Å². The summed E-state index contributed by atoms with van der Waals surface area (Å²) in [7, 11) is 4.66. The van der Waals surface area contributed by atoms with Gasteiger partial charge in [-0.25, -0.2) is 4.79 Å². The lowest BCUT2D eigenvalue weighted by atomic mass is 9.98. The van der Waals surface area contributed by atoms with Gasteiger partial charge in [-0.1, -0.05) is 18.2 Å². The molecule has 174 valence electrons. The summed E-state index contributed by atoms with van der Waals surface area (Å²) in [5.74, 6) is 1.09. The number of hydrogen-bond acceptors (Lipinski definition) is 7. The van der Waals surface area contributed by atoms with Crippen molar-refractivity contribution in [2.24, 2.45) is 0 Å². The first kappa shape index (κ1) is 24.1. The molecule has 0 amide bonds. The Kier molecular flexibility index (Phi) is 8.27. The van der Waals surface area contributed by atoms with Crippen molar-refractivity contribution >= 4 is 11.7 Å². The molecule has 0 spiro atoms. The molecule has 1 aromatic heterocycles. The van der Waals surface area contributed by atoms with Crippen LogP contribution in [0.25, 0.3) is 11.1 Å². The van der Waals surface area contributed by atoms with E-state index in [1.54, 1.807) is 20.3 Å². The van der Waals surface area contributed by atoms with Gasteiger partial charge in [-0.2, -0.15) is 0 Å². The Bertz CT molecular complexity index is 1110. The summed E-state index contributed by atoms with van der Waals surface area (Å²) in [6.07, 6.45) is 1.81. The van der Waals surface area contributed by atoms with Gasteiger partial charge in [0.2, 0.25) is 0 Å². The van der Waals surface area contributed by atoms with E-state index in [1.807, 2.05) is 56.4 Å². The minimum absolute atomic E-state index is 0.392. The van der Waals surface area contributed by atoms with Gasteiger partial charge in [0.15, 0.2) is 0 Å². The molecule has 3 rings (SSSR count). The predicted molar refractivity (Wildman–Crippen MR) is 128 cm³/mol. The van der Waals surface area contributed by atoms with Crippen LogP contribution in [-0.2, 0) is 16.0 Å². The maximum absolute atomic E-state index is 12.4. The molecule has 0 fully saturated rings. The summed E-state index contributed by atoms with van der Waals surface area (Å²) >= 11 is 0. The first-order valence-corrected chi connectivity index (χ1v) is 10.7. The molecule has 1 heterocycles. The third-order valence-electron chi connectivity index (χ3n) is 5.36. The third-order valence-corrected chi connectivity index (χ3v) is 5.36. The summed E-state index contributed by atoms with van der Waals surface area (Å²) in [6, 6.07) is 13.1. The Hall–Kier alpha value is -3.58. The zero-order valence-electron chi connectivity index (χ0n) is 19.7. The molecule has 33 heavy (non-hydrogen) atoms. The Balaban J connectivity index is 1.95. The van der Waals surface area contributed by atoms with Crippen molar-refractivity contribution in [3.05, 3.63) is 71.0 Å². The van der Waals surface area contributed by atoms with Crippen LogP contribution < -0.4 is 14.8 Å². The quantitative estimate of drug-likeness (QED) is 0.351. The third kappa shape index (κ3) is 5.62. The molecule has 0 saturated carbocycles. The van der Waals surface area contributed by atoms with Gasteiger partial charge in [-0.15, -0.1) is 0 Å². The number of pyridine rings is 1. The zero-order valence-corrected chi connectivity index (χ0v) is 19.7. The van der Waals surface area contributed by atoms with E-state index in [0.717, 1.165) is 39.4 Å². The lowest BCUT2D eigenvalue weighted by molar-refractivity contribution is 0.0601. The second-order valence-electron chi connectivity index (χ2n) is 7.49. The van der Waals surface area contributed by atoms with Crippen LogP contribution in [0, 0.1) is 13.8 Å². The van der Waals surface area contributed by atoms with E-state index < -0.39 is 5.97 Å². The molecule has 7 heteroatoms. The number of aromatic nitrogens is 1. The number of carbonyl (C=O) groups is 1. The molecule has 7 nitrogen and oxygen atoms in total. The van der Waals surface area contributed by atoms with Crippen molar-refractivity contribution < 1.29 is 23.7 Å².